The second-order valence-electron chi connectivity index (χ2n) is 4.87. The van der Waals surface area contributed by atoms with E-state index in [0.29, 0.717) is 19.3 Å². The van der Waals surface area contributed by atoms with Crippen LogP contribution in [-0.4, -0.2) is 53.3 Å². The Morgan fingerprint density at radius 2 is 2.17 bits per heavy atom. The van der Waals surface area contributed by atoms with Gasteiger partial charge in [0.25, 0.3) is 0 Å². The summed E-state index contributed by atoms with van der Waals surface area (Å²) in [6.45, 7) is 7.75. The molecule has 2 N–H and O–H groups in total. The van der Waals surface area contributed by atoms with E-state index in [2.05, 4.69) is 14.5 Å². The van der Waals surface area contributed by atoms with Gasteiger partial charge in [-0.3, -0.25) is 0 Å². The molecule has 1 aromatic rings. The van der Waals surface area contributed by atoms with Gasteiger partial charge in [-0.2, -0.15) is 0 Å². The highest BCUT2D eigenvalue weighted by Gasteiger charge is 2.19. The number of likely N-dealkylation sites (tertiary alicyclic amines) is 1. The SMILES string of the molecule is Cc1nccn1CCN1CCC(OCCN)CC1. The predicted molar refractivity (Wildman–Crippen MR) is 71.4 cm³/mol. The van der Waals surface area contributed by atoms with Crippen molar-refractivity contribution in [3.05, 3.63) is 18.2 Å². The molecule has 0 amide bonds. The summed E-state index contributed by atoms with van der Waals surface area (Å²) >= 11 is 0. The summed E-state index contributed by atoms with van der Waals surface area (Å²) in [6, 6.07) is 0. The highest BCUT2D eigenvalue weighted by Crippen LogP contribution is 2.13. The first-order valence-electron chi connectivity index (χ1n) is 6.81. The second-order valence-corrected chi connectivity index (χ2v) is 4.87. The number of imidazole rings is 1. The van der Waals surface area contributed by atoms with E-state index < -0.39 is 0 Å². The lowest BCUT2D eigenvalue weighted by Gasteiger charge is -2.31. The number of aryl methyl sites for hydroxylation is 1. The molecule has 0 spiro atoms. The van der Waals surface area contributed by atoms with Gasteiger partial charge in [-0.15, -0.1) is 0 Å². The van der Waals surface area contributed by atoms with Gasteiger partial charge >= 0.3 is 0 Å². The molecule has 0 bridgehead atoms. The van der Waals surface area contributed by atoms with Crippen LogP contribution in [0.2, 0.25) is 0 Å². The number of aromatic nitrogens is 2. The smallest absolute Gasteiger partial charge is 0.105 e. The molecule has 1 aliphatic heterocycles. The van der Waals surface area contributed by atoms with Crippen LogP contribution in [0, 0.1) is 6.92 Å². The van der Waals surface area contributed by atoms with Crippen LogP contribution < -0.4 is 5.73 Å². The van der Waals surface area contributed by atoms with E-state index in [1.54, 1.807) is 0 Å². The highest BCUT2D eigenvalue weighted by atomic mass is 16.5. The summed E-state index contributed by atoms with van der Waals surface area (Å²) in [5, 5.41) is 0. The van der Waals surface area contributed by atoms with Gasteiger partial charge in [-0.1, -0.05) is 0 Å². The van der Waals surface area contributed by atoms with Crippen LogP contribution in [0.1, 0.15) is 18.7 Å². The molecule has 0 saturated carbocycles. The van der Waals surface area contributed by atoms with Crippen molar-refractivity contribution in [3.8, 4) is 0 Å². The van der Waals surface area contributed by atoms with Crippen molar-refractivity contribution >= 4 is 0 Å². The van der Waals surface area contributed by atoms with Gasteiger partial charge in [0, 0.05) is 45.1 Å². The average molecular weight is 252 g/mol. The second kappa shape index (κ2) is 6.87. The fraction of sp³-hybridized carbons (Fsp3) is 0.769. The summed E-state index contributed by atoms with van der Waals surface area (Å²) in [6.07, 6.45) is 6.58. The molecule has 0 atom stereocenters. The Hall–Kier alpha value is -0.910. The van der Waals surface area contributed by atoms with Crippen molar-refractivity contribution in [1.82, 2.24) is 14.5 Å². The van der Waals surface area contributed by atoms with Gasteiger partial charge in [-0.05, 0) is 19.8 Å². The average Bonchev–Trinajstić information content (AvgIpc) is 2.81. The third-order valence-corrected chi connectivity index (χ3v) is 3.59. The zero-order valence-corrected chi connectivity index (χ0v) is 11.2. The van der Waals surface area contributed by atoms with Crippen LogP contribution in [0.3, 0.4) is 0 Å². The lowest BCUT2D eigenvalue weighted by Crippen LogP contribution is -2.39. The number of hydrogen-bond donors (Lipinski definition) is 1. The lowest BCUT2D eigenvalue weighted by atomic mass is 10.1. The Balaban J connectivity index is 1.66. The Morgan fingerprint density at radius 1 is 1.39 bits per heavy atom. The summed E-state index contributed by atoms with van der Waals surface area (Å²) < 4.78 is 7.89. The monoisotopic (exact) mass is 252 g/mol. The summed E-state index contributed by atoms with van der Waals surface area (Å²) in [5.41, 5.74) is 5.44. The van der Waals surface area contributed by atoms with Crippen molar-refractivity contribution in [2.24, 2.45) is 5.73 Å². The number of piperidine rings is 1. The summed E-state index contributed by atoms with van der Waals surface area (Å²) in [7, 11) is 0. The molecular formula is C13H24N4O. The number of nitrogens with two attached hydrogens (primary N) is 1. The van der Waals surface area contributed by atoms with Crippen LogP contribution in [-0.2, 0) is 11.3 Å². The maximum atomic E-state index is 5.68. The molecule has 0 unspecified atom stereocenters. The van der Waals surface area contributed by atoms with Crippen LogP contribution in [0.4, 0.5) is 0 Å². The van der Waals surface area contributed by atoms with Crippen LogP contribution in [0.25, 0.3) is 0 Å². The highest BCUT2D eigenvalue weighted by molar-refractivity contribution is 4.88. The molecular weight excluding hydrogens is 228 g/mol. The molecule has 5 heteroatoms. The van der Waals surface area contributed by atoms with Crippen molar-refractivity contribution in [2.45, 2.75) is 32.4 Å². The van der Waals surface area contributed by atoms with E-state index in [4.69, 9.17) is 10.5 Å². The standard InChI is InChI=1S/C13H24N4O/c1-12-15-5-8-17(12)10-9-16-6-2-13(3-7-16)18-11-4-14/h5,8,13H,2-4,6-7,9-11,14H2,1H3. The molecule has 102 valence electrons. The van der Waals surface area contributed by atoms with Crippen molar-refractivity contribution in [2.75, 3.05) is 32.8 Å². The molecule has 1 aromatic heterocycles. The normalized spacial score (nSPS) is 18.3. The molecule has 18 heavy (non-hydrogen) atoms. The maximum absolute atomic E-state index is 5.68. The maximum Gasteiger partial charge on any atom is 0.105 e. The number of hydrogen-bond acceptors (Lipinski definition) is 4. The van der Waals surface area contributed by atoms with Crippen molar-refractivity contribution in [3.63, 3.8) is 0 Å². The number of nitrogens with zero attached hydrogens (tertiary/aromatic N) is 3. The van der Waals surface area contributed by atoms with Gasteiger partial charge in [0.1, 0.15) is 5.82 Å². The largest absolute Gasteiger partial charge is 0.377 e. The quantitative estimate of drug-likeness (QED) is 0.807. The fourth-order valence-electron chi connectivity index (χ4n) is 2.42. The van der Waals surface area contributed by atoms with Gasteiger partial charge < -0.3 is 19.9 Å². The van der Waals surface area contributed by atoms with E-state index in [0.717, 1.165) is 44.8 Å². The minimum atomic E-state index is 0.416. The molecule has 1 fully saturated rings. The van der Waals surface area contributed by atoms with Crippen LogP contribution in [0.5, 0.6) is 0 Å². The molecule has 2 heterocycles. The third kappa shape index (κ3) is 3.80. The Labute approximate surface area is 109 Å². The van der Waals surface area contributed by atoms with Crippen LogP contribution >= 0.6 is 0 Å². The predicted octanol–water partition coefficient (Wildman–Crippen LogP) is 0.631. The zero-order valence-electron chi connectivity index (χ0n) is 11.2. The topological polar surface area (TPSA) is 56.3 Å². The molecule has 0 radical (unpaired) electrons. The van der Waals surface area contributed by atoms with Gasteiger partial charge in [0.05, 0.1) is 12.7 Å². The van der Waals surface area contributed by atoms with E-state index in [1.165, 1.54) is 0 Å². The van der Waals surface area contributed by atoms with Gasteiger partial charge in [0.2, 0.25) is 0 Å². The molecule has 2 rings (SSSR count). The van der Waals surface area contributed by atoms with E-state index in [-0.39, 0.29) is 0 Å². The first-order chi connectivity index (χ1) is 8.79. The van der Waals surface area contributed by atoms with Crippen molar-refractivity contribution in [1.29, 1.82) is 0 Å². The van der Waals surface area contributed by atoms with Crippen LogP contribution in [0.15, 0.2) is 12.4 Å². The Morgan fingerprint density at radius 3 is 2.78 bits per heavy atom. The molecule has 1 saturated heterocycles. The zero-order chi connectivity index (χ0) is 12.8. The summed E-state index contributed by atoms with van der Waals surface area (Å²) in [5.74, 6) is 1.09. The molecule has 0 aliphatic carbocycles. The van der Waals surface area contributed by atoms with Gasteiger partial charge in [-0.25, -0.2) is 4.98 Å². The molecule has 0 aromatic carbocycles. The molecule has 5 nitrogen and oxygen atoms in total. The Bertz CT molecular complexity index is 345. The van der Waals surface area contributed by atoms with E-state index in [9.17, 15) is 0 Å². The minimum absolute atomic E-state index is 0.416. The van der Waals surface area contributed by atoms with Crippen molar-refractivity contribution < 1.29 is 4.74 Å². The number of ether oxygens (including phenoxy) is 1. The lowest BCUT2D eigenvalue weighted by molar-refractivity contribution is 0.0109. The summed E-state index contributed by atoms with van der Waals surface area (Å²) in [4.78, 5) is 6.74. The fourth-order valence-corrected chi connectivity index (χ4v) is 2.42. The third-order valence-electron chi connectivity index (χ3n) is 3.59. The van der Waals surface area contributed by atoms with E-state index in [1.807, 2.05) is 19.3 Å². The minimum Gasteiger partial charge on any atom is -0.377 e. The first-order valence-corrected chi connectivity index (χ1v) is 6.81. The molecule has 1 aliphatic rings. The Kier molecular flexibility index (Phi) is 5.16. The van der Waals surface area contributed by atoms with E-state index >= 15 is 0 Å². The first kappa shape index (κ1) is 13.5. The van der Waals surface area contributed by atoms with Gasteiger partial charge in [0.15, 0.2) is 0 Å². The number of rotatable bonds is 6.